The summed E-state index contributed by atoms with van der Waals surface area (Å²) in [6, 6.07) is 3.67. The van der Waals surface area contributed by atoms with Crippen LogP contribution in [-0.4, -0.2) is 72.7 Å². The molecule has 0 unspecified atom stereocenters. The van der Waals surface area contributed by atoms with Crippen LogP contribution < -0.4 is 4.90 Å². The summed E-state index contributed by atoms with van der Waals surface area (Å²) < 4.78 is 5.03. The minimum Gasteiger partial charge on any atom is -0.450 e. The first kappa shape index (κ1) is 17.5. The predicted octanol–water partition coefficient (Wildman–Crippen LogP) is 1.99. The number of carbonyl (C=O) groups excluding carboxylic acids is 2. The lowest BCUT2D eigenvalue weighted by Crippen LogP contribution is -2.51. The average molecular weight is 346 g/mol. The Bertz CT molecular complexity index is 608. The number of hydrogen-bond donors (Lipinski definition) is 0. The van der Waals surface area contributed by atoms with Crippen LogP contribution in [0.3, 0.4) is 0 Å². The predicted molar refractivity (Wildman–Crippen MR) is 94.8 cm³/mol. The Morgan fingerprint density at radius 1 is 1.04 bits per heavy atom. The van der Waals surface area contributed by atoms with Crippen LogP contribution in [-0.2, 0) is 4.74 Å². The smallest absolute Gasteiger partial charge is 0.409 e. The van der Waals surface area contributed by atoms with Gasteiger partial charge in [-0.25, -0.2) is 9.78 Å². The maximum Gasteiger partial charge on any atom is 0.409 e. The highest BCUT2D eigenvalue weighted by atomic mass is 16.6. The Morgan fingerprint density at radius 2 is 1.72 bits per heavy atom. The van der Waals surface area contributed by atoms with Crippen LogP contribution >= 0.6 is 0 Å². The molecule has 1 aromatic rings. The molecule has 0 spiro atoms. The van der Waals surface area contributed by atoms with Gasteiger partial charge in [-0.15, -0.1) is 0 Å². The molecule has 0 aromatic carbocycles. The monoisotopic (exact) mass is 346 g/mol. The number of nitrogens with zero attached hydrogens (tertiary/aromatic N) is 4. The average Bonchev–Trinajstić information content (AvgIpc) is 2.68. The maximum atomic E-state index is 13.0. The van der Waals surface area contributed by atoms with Gasteiger partial charge in [-0.1, -0.05) is 0 Å². The van der Waals surface area contributed by atoms with Crippen molar-refractivity contribution in [1.82, 2.24) is 14.8 Å². The fraction of sp³-hybridized carbons (Fsp3) is 0.611. The van der Waals surface area contributed by atoms with E-state index in [4.69, 9.17) is 4.74 Å². The van der Waals surface area contributed by atoms with Gasteiger partial charge in [0, 0.05) is 45.5 Å². The van der Waals surface area contributed by atoms with E-state index in [0.29, 0.717) is 38.3 Å². The molecule has 2 saturated heterocycles. The second-order valence-corrected chi connectivity index (χ2v) is 6.40. The highest BCUT2D eigenvalue weighted by Crippen LogP contribution is 2.23. The summed E-state index contributed by atoms with van der Waals surface area (Å²) in [5.41, 5.74) is 0.661. The van der Waals surface area contributed by atoms with Gasteiger partial charge in [0.15, 0.2) is 0 Å². The van der Waals surface area contributed by atoms with Gasteiger partial charge < -0.3 is 19.4 Å². The van der Waals surface area contributed by atoms with Crippen molar-refractivity contribution in [2.45, 2.75) is 26.2 Å². The highest BCUT2D eigenvalue weighted by molar-refractivity contribution is 5.99. The third kappa shape index (κ3) is 4.03. The normalized spacial score (nSPS) is 18.2. The van der Waals surface area contributed by atoms with E-state index in [1.165, 1.54) is 6.42 Å². The largest absolute Gasteiger partial charge is 0.450 e. The lowest BCUT2D eigenvalue weighted by Gasteiger charge is -2.35. The molecule has 2 aliphatic heterocycles. The van der Waals surface area contributed by atoms with Gasteiger partial charge in [0.2, 0.25) is 0 Å². The molecule has 1 aromatic heterocycles. The van der Waals surface area contributed by atoms with Crippen molar-refractivity contribution in [3.8, 4) is 0 Å². The Hall–Kier alpha value is -2.31. The zero-order valence-electron chi connectivity index (χ0n) is 14.8. The number of rotatable bonds is 3. The summed E-state index contributed by atoms with van der Waals surface area (Å²) in [5.74, 6) is 0.789. The Kier molecular flexibility index (Phi) is 5.73. The minimum absolute atomic E-state index is 0.00261. The second-order valence-electron chi connectivity index (χ2n) is 6.40. The van der Waals surface area contributed by atoms with Crippen LogP contribution in [0.4, 0.5) is 10.6 Å². The molecule has 2 fully saturated rings. The van der Waals surface area contributed by atoms with Gasteiger partial charge >= 0.3 is 6.09 Å². The van der Waals surface area contributed by atoms with Gasteiger partial charge in [0.1, 0.15) is 5.82 Å². The number of piperidine rings is 1. The first-order valence-electron chi connectivity index (χ1n) is 9.11. The topological polar surface area (TPSA) is 66.0 Å². The van der Waals surface area contributed by atoms with Crippen molar-refractivity contribution in [3.63, 3.8) is 0 Å². The molecule has 0 saturated carbocycles. The highest BCUT2D eigenvalue weighted by Gasteiger charge is 2.28. The quantitative estimate of drug-likeness (QED) is 0.837. The van der Waals surface area contributed by atoms with Crippen molar-refractivity contribution >= 4 is 17.8 Å². The Balaban J connectivity index is 1.67. The van der Waals surface area contributed by atoms with Crippen molar-refractivity contribution in [2.75, 3.05) is 50.8 Å². The van der Waals surface area contributed by atoms with Crippen molar-refractivity contribution in [2.24, 2.45) is 0 Å². The van der Waals surface area contributed by atoms with Gasteiger partial charge in [0.05, 0.1) is 12.2 Å². The molecule has 3 heterocycles. The summed E-state index contributed by atoms with van der Waals surface area (Å²) >= 11 is 0. The number of pyridine rings is 1. The van der Waals surface area contributed by atoms with E-state index in [1.807, 2.05) is 12.1 Å². The van der Waals surface area contributed by atoms with Crippen LogP contribution in [0.25, 0.3) is 0 Å². The van der Waals surface area contributed by atoms with Crippen molar-refractivity contribution in [3.05, 3.63) is 23.9 Å². The number of carbonyl (C=O) groups is 2. The molecular weight excluding hydrogens is 320 g/mol. The van der Waals surface area contributed by atoms with Gasteiger partial charge in [-0.05, 0) is 38.3 Å². The van der Waals surface area contributed by atoms with Crippen LogP contribution in [0.5, 0.6) is 0 Å². The molecule has 25 heavy (non-hydrogen) atoms. The Morgan fingerprint density at radius 3 is 2.40 bits per heavy atom. The molecule has 7 heteroatoms. The zero-order valence-corrected chi connectivity index (χ0v) is 14.8. The Labute approximate surface area is 148 Å². The molecule has 0 bridgehead atoms. The number of anilines is 1. The van der Waals surface area contributed by atoms with E-state index in [1.54, 1.807) is 22.9 Å². The number of piperazine rings is 1. The van der Waals surface area contributed by atoms with Crippen molar-refractivity contribution in [1.29, 1.82) is 0 Å². The summed E-state index contributed by atoms with van der Waals surface area (Å²) in [4.78, 5) is 34.9. The van der Waals surface area contributed by atoms with E-state index in [2.05, 4.69) is 9.88 Å². The summed E-state index contributed by atoms with van der Waals surface area (Å²) in [5, 5.41) is 0. The maximum absolute atomic E-state index is 13.0. The lowest BCUT2D eigenvalue weighted by molar-refractivity contribution is 0.0570. The summed E-state index contributed by atoms with van der Waals surface area (Å²) in [6.07, 6.45) is 4.97. The number of ether oxygens (including phenoxy) is 1. The van der Waals surface area contributed by atoms with Gasteiger partial charge in [-0.2, -0.15) is 0 Å². The fourth-order valence-electron chi connectivity index (χ4n) is 3.40. The fourth-order valence-corrected chi connectivity index (χ4v) is 3.40. The first-order valence-corrected chi connectivity index (χ1v) is 9.11. The molecule has 0 radical (unpaired) electrons. The second kappa shape index (κ2) is 8.18. The van der Waals surface area contributed by atoms with E-state index in [0.717, 1.165) is 31.7 Å². The summed E-state index contributed by atoms with van der Waals surface area (Å²) in [6.45, 7) is 6.11. The van der Waals surface area contributed by atoms with Crippen LogP contribution in [0.2, 0.25) is 0 Å². The molecule has 3 rings (SSSR count). The van der Waals surface area contributed by atoms with Crippen molar-refractivity contribution < 1.29 is 14.3 Å². The van der Waals surface area contributed by atoms with E-state index >= 15 is 0 Å². The van der Waals surface area contributed by atoms with Crippen LogP contribution in [0.15, 0.2) is 18.3 Å². The van der Waals surface area contributed by atoms with E-state index in [9.17, 15) is 9.59 Å². The first-order chi connectivity index (χ1) is 12.2. The number of hydrogen-bond acceptors (Lipinski definition) is 5. The number of aromatic nitrogens is 1. The zero-order chi connectivity index (χ0) is 17.6. The minimum atomic E-state index is -0.301. The third-order valence-corrected chi connectivity index (χ3v) is 4.77. The SMILES string of the molecule is CCOC(=O)N1CCN(C(=O)c2cccnc2N2CCCCC2)CC1. The molecular formula is C18H26N4O3. The summed E-state index contributed by atoms with van der Waals surface area (Å²) in [7, 11) is 0. The molecule has 0 atom stereocenters. The molecule has 136 valence electrons. The van der Waals surface area contributed by atoms with Gasteiger partial charge in [0.25, 0.3) is 5.91 Å². The lowest BCUT2D eigenvalue weighted by atomic mass is 10.1. The van der Waals surface area contributed by atoms with E-state index < -0.39 is 0 Å². The third-order valence-electron chi connectivity index (χ3n) is 4.77. The van der Waals surface area contributed by atoms with Crippen LogP contribution in [0.1, 0.15) is 36.5 Å². The molecule has 2 amide bonds. The molecule has 7 nitrogen and oxygen atoms in total. The molecule has 0 aliphatic carbocycles. The van der Waals surface area contributed by atoms with Crippen LogP contribution in [0, 0.1) is 0 Å². The van der Waals surface area contributed by atoms with E-state index in [-0.39, 0.29) is 12.0 Å². The number of amides is 2. The molecule has 0 N–H and O–H groups in total. The standard InChI is InChI=1S/C18H26N4O3/c1-2-25-18(24)22-13-11-21(12-14-22)17(23)15-7-6-8-19-16(15)20-9-4-3-5-10-20/h6-8H,2-5,9-14H2,1H3. The van der Waals surface area contributed by atoms with Gasteiger partial charge in [-0.3, -0.25) is 4.79 Å². The molecule has 2 aliphatic rings.